The van der Waals surface area contributed by atoms with Gasteiger partial charge in [0.05, 0.1) is 17.2 Å². The number of carbonyl (C=O) groups excluding carboxylic acids is 1. The van der Waals surface area contributed by atoms with Gasteiger partial charge in [-0.2, -0.15) is 10.2 Å². The molecule has 3 N–H and O–H groups in total. The van der Waals surface area contributed by atoms with Crippen LogP contribution in [0.3, 0.4) is 0 Å². The molecule has 2 heterocycles. The van der Waals surface area contributed by atoms with E-state index in [4.69, 9.17) is 0 Å². The van der Waals surface area contributed by atoms with E-state index in [1.807, 2.05) is 0 Å². The zero-order valence-electron chi connectivity index (χ0n) is 8.48. The lowest BCUT2D eigenvalue weighted by Crippen LogP contribution is -2.28. The second-order valence-corrected chi connectivity index (χ2v) is 3.57. The normalized spacial score (nSPS) is 32.5. The standard InChI is InChI=1S/C9H12N4O2/c1-4-6(8(14)12-10-4)3-7-5(2)11-13-9(7)15/h3,6,8,12,14H,1-2H3,(H,13,15). The number of hydrazone groups is 2. The van der Waals surface area contributed by atoms with Gasteiger partial charge in [-0.05, 0) is 13.8 Å². The molecule has 0 aromatic rings. The second-order valence-electron chi connectivity index (χ2n) is 3.57. The van der Waals surface area contributed by atoms with Crippen LogP contribution in [0.5, 0.6) is 0 Å². The van der Waals surface area contributed by atoms with E-state index in [-0.39, 0.29) is 11.8 Å². The summed E-state index contributed by atoms with van der Waals surface area (Å²) >= 11 is 0. The van der Waals surface area contributed by atoms with Gasteiger partial charge in [-0.25, -0.2) is 5.43 Å². The number of carbonyl (C=O) groups is 1. The number of hydrogen-bond donors (Lipinski definition) is 3. The Morgan fingerprint density at radius 3 is 2.60 bits per heavy atom. The quantitative estimate of drug-likeness (QED) is 0.500. The molecule has 2 unspecified atom stereocenters. The summed E-state index contributed by atoms with van der Waals surface area (Å²) in [5.41, 5.74) is 6.79. The Morgan fingerprint density at radius 1 is 1.40 bits per heavy atom. The predicted molar refractivity (Wildman–Crippen MR) is 55.1 cm³/mol. The molecule has 0 spiro atoms. The van der Waals surface area contributed by atoms with Gasteiger partial charge in [0.2, 0.25) is 0 Å². The van der Waals surface area contributed by atoms with Gasteiger partial charge in [0, 0.05) is 5.71 Å². The molecule has 0 aromatic carbocycles. The van der Waals surface area contributed by atoms with Gasteiger partial charge >= 0.3 is 0 Å². The summed E-state index contributed by atoms with van der Waals surface area (Å²) in [5, 5.41) is 17.2. The van der Waals surface area contributed by atoms with Gasteiger partial charge in [0.1, 0.15) is 0 Å². The largest absolute Gasteiger partial charge is 0.371 e. The first-order valence-electron chi connectivity index (χ1n) is 4.64. The average molecular weight is 208 g/mol. The molecule has 0 saturated carbocycles. The van der Waals surface area contributed by atoms with E-state index < -0.39 is 6.23 Å². The van der Waals surface area contributed by atoms with E-state index in [0.29, 0.717) is 11.3 Å². The molecule has 0 aliphatic carbocycles. The molecule has 2 aliphatic heterocycles. The van der Waals surface area contributed by atoms with Gasteiger partial charge in [-0.1, -0.05) is 6.08 Å². The summed E-state index contributed by atoms with van der Waals surface area (Å²) < 4.78 is 0. The van der Waals surface area contributed by atoms with Gasteiger partial charge in [-0.3, -0.25) is 10.2 Å². The molecule has 80 valence electrons. The summed E-state index contributed by atoms with van der Waals surface area (Å²) in [4.78, 5) is 11.3. The summed E-state index contributed by atoms with van der Waals surface area (Å²) in [6.07, 6.45) is 0.920. The molecule has 0 aromatic heterocycles. The van der Waals surface area contributed by atoms with Crippen LogP contribution in [0.1, 0.15) is 13.8 Å². The number of nitrogens with one attached hydrogen (secondary N) is 2. The Morgan fingerprint density at radius 2 is 2.13 bits per heavy atom. The van der Waals surface area contributed by atoms with Crippen molar-refractivity contribution in [2.24, 2.45) is 16.1 Å². The van der Waals surface area contributed by atoms with Crippen molar-refractivity contribution in [3.63, 3.8) is 0 Å². The van der Waals surface area contributed by atoms with Crippen LogP contribution in [0.25, 0.3) is 0 Å². The minimum Gasteiger partial charge on any atom is -0.371 e. The van der Waals surface area contributed by atoms with E-state index in [2.05, 4.69) is 21.1 Å². The third-order valence-electron chi connectivity index (χ3n) is 2.50. The third kappa shape index (κ3) is 1.63. The maximum absolute atomic E-state index is 11.3. The zero-order valence-corrected chi connectivity index (χ0v) is 8.48. The number of aliphatic hydroxyl groups is 1. The van der Waals surface area contributed by atoms with E-state index in [0.717, 1.165) is 5.71 Å². The molecule has 0 radical (unpaired) electrons. The Hall–Kier alpha value is -1.69. The number of nitrogens with zero attached hydrogens (tertiary/aromatic N) is 2. The zero-order chi connectivity index (χ0) is 11.0. The molecule has 0 saturated heterocycles. The van der Waals surface area contributed by atoms with Crippen molar-refractivity contribution < 1.29 is 9.90 Å². The van der Waals surface area contributed by atoms with Crippen molar-refractivity contribution in [1.29, 1.82) is 0 Å². The van der Waals surface area contributed by atoms with E-state index in [1.165, 1.54) is 0 Å². The van der Waals surface area contributed by atoms with E-state index in [9.17, 15) is 9.90 Å². The first-order valence-corrected chi connectivity index (χ1v) is 4.64. The van der Waals surface area contributed by atoms with Crippen molar-refractivity contribution in [3.05, 3.63) is 11.6 Å². The molecule has 2 aliphatic rings. The molecule has 15 heavy (non-hydrogen) atoms. The highest BCUT2D eigenvalue weighted by molar-refractivity contribution is 6.24. The summed E-state index contributed by atoms with van der Waals surface area (Å²) in [5.74, 6) is -0.506. The van der Waals surface area contributed by atoms with Crippen LogP contribution in [0.4, 0.5) is 0 Å². The topological polar surface area (TPSA) is 86.1 Å². The van der Waals surface area contributed by atoms with Crippen molar-refractivity contribution in [2.75, 3.05) is 0 Å². The fraction of sp³-hybridized carbons (Fsp3) is 0.444. The van der Waals surface area contributed by atoms with Crippen LogP contribution >= 0.6 is 0 Å². The monoisotopic (exact) mass is 208 g/mol. The smallest absolute Gasteiger partial charge is 0.272 e. The van der Waals surface area contributed by atoms with Gasteiger partial charge in [0.25, 0.3) is 5.91 Å². The van der Waals surface area contributed by atoms with Crippen LogP contribution < -0.4 is 10.9 Å². The first kappa shape index (κ1) is 9.85. The third-order valence-corrected chi connectivity index (χ3v) is 2.50. The summed E-state index contributed by atoms with van der Waals surface area (Å²) in [6, 6.07) is 0. The molecule has 2 atom stereocenters. The maximum atomic E-state index is 11.3. The Kier molecular flexibility index (Phi) is 2.28. The van der Waals surface area contributed by atoms with Crippen LogP contribution in [0.15, 0.2) is 21.9 Å². The molecule has 0 fully saturated rings. The van der Waals surface area contributed by atoms with Gasteiger partial charge in [-0.15, -0.1) is 0 Å². The Balaban J connectivity index is 2.26. The minimum atomic E-state index is -0.765. The summed E-state index contributed by atoms with van der Waals surface area (Å²) in [6.45, 7) is 3.54. The molecule has 6 nitrogen and oxygen atoms in total. The van der Waals surface area contributed by atoms with E-state index in [1.54, 1.807) is 19.9 Å². The minimum absolute atomic E-state index is 0.237. The van der Waals surface area contributed by atoms with Gasteiger partial charge < -0.3 is 5.11 Å². The van der Waals surface area contributed by atoms with Crippen molar-refractivity contribution in [1.82, 2.24) is 10.9 Å². The Bertz CT molecular complexity index is 397. The highest BCUT2D eigenvalue weighted by Crippen LogP contribution is 2.17. The highest BCUT2D eigenvalue weighted by atomic mass is 16.3. The van der Waals surface area contributed by atoms with Crippen LogP contribution in [-0.4, -0.2) is 28.7 Å². The lowest BCUT2D eigenvalue weighted by Gasteiger charge is -2.10. The number of aliphatic hydroxyl groups excluding tert-OH is 1. The van der Waals surface area contributed by atoms with Crippen molar-refractivity contribution in [2.45, 2.75) is 20.1 Å². The van der Waals surface area contributed by atoms with Gasteiger partial charge in [0.15, 0.2) is 6.23 Å². The molecule has 6 heteroatoms. The molecule has 2 rings (SSSR count). The highest BCUT2D eigenvalue weighted by Gasteiger charge is 2.28. The number of rotatable bonds is 1. The molecule has 0 bridgehead atoms. The lowest BCUT2D eigenvalue weighted by atomic mass is 9.98. The fourth-order valence-electron chi connectivity index (χ4n) is 1.56. The molecular formula is C9H12N4O2. The SMILES string of the molecule is CC1=NNC(=O)C1=CC1C(C)=NNC1O. The summed E-state index contributed by atoms with van der Waals surface area (Å²) in [7, 11) is 0. The molecule has 1 amide bonds. The van der Waals surface area contributed by atoms with Crippen molar-refractivity contribution in [3.8, 4) is 0 Å². The fourth-order valence-corrected chi connectivity index (χ4v) is 1.56. The molecular weight excluding hydrogens is 196 g/mol. The van der Waals surface area contributed by atoms with Crippen molar-refractivity contribution >= 4 is 17.3 Å². The number of amides is 1. The van der Waals surface area contributed by atoms with Crippen LogP contribution in [0.2, 0.25) is 0 Å². The maximum Gasteiger partial charge on any atom is 0.272 e. The van der Waals surface area contributed by atoms with Crippen LogP contribution in [-0.2, 0) is 4.79 Å². The lowest BCUT2D eigenvalue weighted by molar-refractivity contribution is -0.116. The first-order chi connectivity index (χ1) is 7.09. The average Bonchev–Trinajstić information content (AvgIpc) is 2.67. The van der Waals surface area contributed by atoms with E-state index >= 15 is 0 Å². The predicted octanol–water partition coefficient (Wildman–Crippen LogP) is -0.668. The van der Waals surface area contributed by atoms with Crippen LogP contribution in [0, 0.1) is 5.92 Å². The second kappa shape index (κ2) is 3.47. The number of hydrogen-bond acceptors (Lipinski definition) is 5. The Labute approximate surface area is 86.7 Å².